The van der Waals surface area contributed by atoms with Crippen LogP contribution < -0.4 is 5.73 Å². The fraction of sp³-hybridized carbons (Fsp3) is 0.467. The molecule has 1 heterocycles. The zero-order valence-electron chi connectivity index (χ0n) is 11.8. The quantitative estimate of drug-likeness (QED) is 0.844. The first kappa shape index (κ1) is 15.0. The molecule has 0 amide bonds. The highest BCUT2D eigenvalue weighted by molar-refractivity contribution is 9.10. The molecule has 21 heavy (non-hydrogen) atoms. The highest BCUT2D eigenvalue weighted by atomic mass is 79.9. The maximum Gasteiger partial charge on any atom is 0.247 e. The lowest BCUT2D eigenvalue weighted by molar-refractivity contribution is 0.190. The summed E-state index contributed by atoms with van der Waals surface area (Å²) >= 11 is 9.40. The average Bonchev–Trinajstić information content (AvgIpc) is 2.96. The normalized spacial score (nSPS) is 26.0. The first-order chi connectivity index (χ1) is 9.98. The summed E-state index contributed by atoms with van der Waals surface area (Å²) in [5, 5.41) is 4.72. The van der Waals surface area contributed by atoms with E-state index in [1.807, 2.05) is 12.1 Å². The number of benzene rings is 1. The molecule has 1 fully saturated rings. The van der Waals surface area contributed by atoms with Gasteiger partial charge in [-0.1, -0.05) is 23.7 Å². The Hall–Kier alpha value is -0.910. The van der Waals surface area contributed by atoms with Crippen molar-refractivity contribution in [1.29, 1.82) is 0 Å². The molecule has 0 bridgehead atoms. The van der Waals surface area contributed by atoms with Crippen molar-refractivity contribution in [2.45, 2.75) is 38.1 Å². The van der Waals surface area contributed by atoms with Crippen molar-refractivity contribution in [2.24, 2.45) is 11.7 Å². The molecule has 1 aromatic carbocycles. The minimum atomic E-state index is -0.485. The first-order valence-corrected chi connectivity index (χ1v) is 8.23. The number of hydrogen-bond acceptors (Lipinski definition) is 4. The van der Waals surface area contributed by atoms with Crippen molar-refractivity contribution in [3.05, 3.63) is 33.6 Å². The predicted octanol–water partition coefficient (Wildman–Crippen LogP) is 4.52. The zero-order valence-corrected chi connectivity index (χ0v) is 14.1. The molecule has 2 aromatic rings. The van der Waals surface area contributed by atoms with E-state index in [-0.39, 0.29) is 0 Å². The Kier molecular flexibility index (Phi) is 4.08. The minimum absolute atomic E-state index is 0.485. The standard InChI is InChI=1S/C15H17BrClN3O/c1-9-4-6-15(18,7-5-9)14-19-13(20-21-14)10-2-3-12(17)11(16)8-10/h2-3,8-9H,4-7,18H2,1H3. The van der Waals surface area contributed by atoms with E-state index in [0.717, 1.165) is 41.6 Å². The smallest absolute Gasteiger partial charge is 0.247 e. The highest BCUT2D eigenvalue weighted by Gasteiger charge is 2.37. The summed E-state index contributed by atoms with van der Waals surface area (Å²) in [4.78, 5) is 4.51. The van der Waals surface area contributed by atoms with Gasteiger partial charge in [-0.05, 0) is 65.7 Å². The molecule has 1 aromatic heterocycles. The Morgan fingerprint density at radius 2 is 2.10 bits per heavy atom. The van der Waals surface area contributed by atoms with Crippen molar-refractivity contribution < 1.29 is 4.52 Å². The Labute approximate surface area is 137 Å². The molecule has 2 N–H and O–H groups in total. The van der Waals surface area contributed by atoms with E-state index >= 15 is 0 Å². The third-order valence-corrected chi connectivity index (χ3v) is 5.41. The number of hydrogen-bond donors (Lipinski definition) is 1. The van der Waals surface area contributed by atoms with Crippen molar-refractivity contribution in [2.75, 3.05) is 0 Å². The van der Waals surface area contributed by atoms with Gasteiger partial charge in [-0.3, -0.25) is 0 Å². The molecule has 1 aliphatic carbocycles. The first-order valence-electron chi connectivity index (χ1n) is 7.06. The summed E-state index contributed by atoms with van der Waals surface area (Å²) in [7, 11) is 0. The lowest BCUT2D eigenvalue weighted by atomic mass is 9.78. The summed E-state index contributed by atoms with van der Waals surface area (Å²) in [5.74, 6) is 1.80. The molecule has 0 unspecified atom stereocenters. The predicted molar refractivity (Wildman–Crippen MR) is 85.9 cm³/mol. The van der Waals surface area contributed by atoms with E-state index in [9.17, 15) is 0 Å². The summed E-state index contributed by atoms with van der Waals surface area (Å²) in [6.45, 7) is 2.25. The lowest BCUT2D eigenvalue weighted by Gasteiger charge is -2.32. The third kappa shape index (κ3) is 3.00. The van der Waals surface area contributed by atoms with Gasteiger partial charge in [0.05, 0.1) is 10.6 Å². The van der Waals surface area contributed by atoms with Crippen molar-refractivity contribution in [3.63, 3.8) is 0 Å². The van der Waals surface area contributed by atoms with Crippen LogP contribution in [0.4, 0.5) is 0 Å². The van der Waals surface area contributed by atoms with Gasteiger partial charge >= 0.3 is 0 Å². The fourth-order valence-corrected chi connectivity index (χ4v) is 3.17. The third-order valence-electron chi connectivity index (χ3n) is 4.20. The van der Waals surface area contributed by atoms with Crippen LogP contribution in [0.5, 0.6) is 0 Å². The van der Waals surface area contributed by atoms with Crippen LogP contribution in [0.3, 0.4) is 0 Å². The van der Waals surface area contributed by atoms with Crippen LogP contribution in [-0.4, -0.2) is 10.1 Å². The number of halogens is 2. The lowest BCUT2D eigenvalue weighted by Crippen LogP contribution is -2.40. The van der Waals surface area contributed by atoms with Crippen LogP contribution in [-0.2, 0) is 5.54 Å². The van der Waals surface area contributed by atoms with Gasteiger partial charge in [-0.15, -0.1) is 0 Å². The van der Waals surface area contributed by atoms with Gasteiger partial charge in [0, 0.05) is 10.0 Å². The topological polar surface area (TPSA) is 64.9 Å². The van der Waals surface area contributed by atoms with Crippen molar-refractivity contribution >= 4 is 27.5 Å². The van der Waals surface area contributed by atoms with Gasteiger partial charge in [-0.2, -0.15) is 4.98 Å². The molecule has 3 rings (SSSR count). The number of aromatic nitrogens is 2. The minimum Gasteiger partial charge on any atom is -0.337 e. The van der Waals surface area contributed by atoms with E-state index in [2.05, 4.69) is 33.0 Å². The summed E-state index contributed by atoms with van der Waals surface area (Å²) in [5.41, 5.74) is 6.83. The van der Waals surface area contributed by atoms with Crippen LogP contribution in [0.1, 0.15) is 38.5 Å². The zero-order chi connectivity index (χ0) is 15.0. The second kappa shape index (κ2) is 5.71. The largest absolute Gasteiger partial charge is 0.337 e. The van der Waals surface area contributed by atoms with Gasteiger partial charge < -0.3 is 10.3 Å². The average molecular weight is 371 g/mol. The van der Waals surface area contributed by atoms with Crippen LogP contribution in [0.2, 0.25) is 5.02 Å². The molecule has 0 aliphatic heterocycles. The molecule has 0 saturated heterocycles. The molecule has 0 radical (unpaired) electrons. The number of rotatable bonds is 2. The van der Waals surface area contributed by atoms with Crippen molar-refractivity contribution in [1.82, 2.24) is 10.1 Å². The summed E-state index contributed by atoms with van der Waals surface area (Å²) in [6, 6.07) is 5.55. The molecule has 6 heteroatoms. The van der Waals surface area contributed by atoms with E-state index < -0.39 is 5.54 Å². The SMILES string of the molecule is CC1CCC(N)(c2nc(-c3ccc(Cl)c(Br)c3)no2)CC1. The highest BCUT2D eigenvalue weighted by Crippen LogP contribution is 2.37. The van der Waals surface area contributed by atoms with Crippen LogP contribution in [0, 0.1) is 5.92 Å². The summed E-state index contributed by atoms with van der Waals surface area (Å²) in [6.07, 6.45) is 3.97. The van der Waals surface area contributed by atoms with Crippen molar-refractivity contribution in [3.8, 4) is 11.4 Å². The summed E-state index contributed by atoms with van der Waals surface area (Å²) < 4.78 is 6.24. The monoisotopic (exact) mass is 369 g/mol. The van der Waals surface area contributed by atoms with E-state index in [1.165, 1.54) is 0 Å². The van der Waals surface area contributed by atoms with Gasteiger partial charge in [0.2, 0.25) is 11.7 Å². The molecule has 0 spiro atoms. The Morgan fingerprint density at radius 1 is 1.38 bits per heavy atom. The van der Waals surface area contributed by atoms with E-state index in [4.69, 9.17) is 21.9 Å². The van der Waals surface area contributed by atoms with Crippen LogP contribution in [0.25, 0.3) is 11.4 Å². The fourth-order valence-electron chi connectivity index (χ4n) is 2.67. The molecule has 0 atom stereocenters. The Balaban J connectivity index is 1.87. The van der Waals surface area contributed by atoms with Gasteiger partial charge in [-0.25, -0.2) is 0 Å². The van der Waals surface area contributed by atoms with Crippen LogP contribution >= 0.6 is 27.5 Å². The molecule has 4 nitrogen and oxygen atoms in total. The maximum absolute atomic E-state index is 6.46. The Bertz CT molecular complexity index is 650. The van der Waals surface area contributed by atoms with Gasteiger partial charge in [0.25, 0.3) is 0 Å². The van der Waals surface area contributed by atoms with Gasteiger partial charge in [0.15, 0.2) is 0 Å². The molecule has 1 saturated carbocycles. The maximum atomic E-state index is 6.46. The second-order valence-electron chi connectivity index (χ2n) is 5.89. The van der Waals surface area contributed by atoms with E-state index in [1.54, 1.807) is 6.07 Å². The Morgan fingerprint density at radius 3 is 2.76 bits per heavy atom. The number of nitrogens with two attached hydrogens (primary N) is 1. The van der Waals surface area contributed by atoms with Crippen LogP contribution in [0.15, 0.2) is 27.2 Å². The second-order valence-corrected chi connectivity index (χ2v) is 7.15. The number of nitrogens with zero attached hydrogens (tertiary/aromatic N) is 2. The molecule has 112 valence electrons. The molecular formula is C15H17BrClN3O. The van der Waals surface area contributed by atoms with Gasteiger partial charge in [0.1, 0.15) is 0 Å². The molecular weight excluding hydrogens is 354 g/mol. The molecule has 1 aliphatic rings. The van der Waals surface area contributed by atoms with E-state index in [0.29, 0.717) is 16.7 Å².